The Morgan fingerprint density at radius 2 is 1.91 bits per heavy atom. The zero-order valence-corrected chi connectivity index (χ0v) is 14.0. The Morgan fingerprint density at radius 3 is 2.64 bits per heavy atom. The van der Waals surface area contributed by atoms with Gasteiger partial charge in [-0.05, 0) is 43.5 Å². The smallest absolute Gasteiger partial charge is 0.311 e. The van der Waals surface area contributed by atoms with Gasteiger partial charge in [-0.25, -0.2) is 0 Å². The van der Waals surface area contributed by atoms with Crippen LogP contribution in [0.5, 0.6) is 0 Å². The van der Waals surface area contributed by atoms with Crippen molar-refractivity contribution in [1.82, 2.24) is 4.90 Å². The number of nitrogens with zero attached hydrogens (tertiary/aromatic N) is 1. The van der Waals surface area contributed by atoms with Gasteiger partial charge in [0.2, 0.25) is 0 Å². The van der Waals surface area contributed by atoms with Gasteiger partial charge in [-0.2, -0.15) is 8.42 Å². The van der Waals surface area contributed by atoms with Crippen LogP contribution in [0.4, 0.5) is 0 Å². The van der Waals surface area contributed by atoms with Crippen molar-refractivity contribution in [1.29, 1.82) is 0 Å². The van der Waals surface area contributed by atoms with Crippen LogP contribution in [0.2, 0.25) is 0 Å². The van der Waals surface area contributed by atoms with E-state index < -0.39 is 10.1 Å². The number of hydrogen-bond donors (Lipinski definition) is 0. The Morgan fingerprint density at radius 1 is 1.18 bits per heavy atom. The molecular formula is C17H23NO3S. The lowest BCUT2D eigenvalue weighted by Gasteiger charge is -2.35. The highest BCUT2D eigenvalue weighted by Gasteiger charge is 2.37. The summed E-state index contributed by atoms with van der Waals surface area (Å²) in [4.78, 5) is 2.23. The second-order valence-corrected chi connectivity index (χ2v) is 7.53. The van der Waals surface area contributed by atoms with Crippen LogP contribution in [-0.4, -0.2) is 38.2 Å². The molecule has 1 aliphatic heterocycles. The van der Waals surface area contributed by atoms with Gasteiger partial charge in [0, 0.05) is 5.56 Å². The number of benzene rings is 1. The van der Waals surface area contributed by atoms with E-state index >= 15 is 0 Å². The summed E-state index contributed by atoms with van der Waals surface area (Å²) < 4.78 is 30.1. The molecule has 0 amide bonds. The first-order valence-electron chi connectivity index (χ1n) is 8.03. The molecule has 3 rings (SSSR count). The Kier molecular flexibility index (Phi) is 4.28. The summed E-state index contributed by atoms with van der Waals surface area (Å²) in [6.45, 7) is 5.84. The Hall–Kier alpha value is -1.33. The number of likely N-dealkylation sites (N-methyl/N-ethyl adjacent to an activating group) is 1. The van der Waals surface area contributed by atoms with E-state index in [2.05, 4.69) is 24.8 Å². The second-order valence-electron chi connectivity index (χ2n) is 5.91. The van der Waals surface area contributed by atoms with Gasteiger partial charge in [0.05, 0.1) is 6.04 Å². The summed E-state index contributed by atoms with van der Waals surface area (Å²) in [5, 5.41) is 0. The van der Waals surface area contributed by atoms with Crippen LogP contribution in [0, 0.1) is 0 Å². The maximum Gasteiger partial charge on any atom is 0.311 e. The molecule has 1 aromatic rings. The quantitative estimate of drug-likeness (QED) is 0.803. The molecule has 0 radical (unpaired) electrons. The van der Waals surface area contributed by atoms with Crippen LogP contribution < -0.4 is 0 Å². The van der Waals surface area contributed by atoms with Crippen LogP contribution in [0.25, 0.3) is 5.76 Å². The van der Waals surface area contributed by atoms with Crippen LogP contribution >= 0.6 is 0 Å². The number of hydrogen-bond acceptors (Lipinski definition) is 4. The first-order valence-corrected chi connectivity index (χ1v) is 9.61. The first kappa shape index (κ1) is 15.6. The molecule has 1 aromatic carbocycles. The molecule has 22 heavy (non-hydrogen) atoms. The minimum Gasteiger partial charge on any atom is -0.382 e. The molecule has 0 saturated carbocycles. The van der Waals surface area contributed by atoms with Crippen molar-refractivity contribution in [3.8, 4) is 0 Å². The fourth-order valence-corrected chi connectivity index (χ4v) is 4.89. The van der Waals surface area contributed by atoms with Crippen molar-refractivity contribution >= 4 is 15.9 Å². The molecule has 0 N–H and O–H groups in total. The lowest BCUT2D eigenvalue weighted by atomic mass is 9.99. The molecule has 0 spiro atoms. The highest BCUT2D eigenvalue weighted by molar-refractivity contribution is 7.87. The zero-order chi connectivity index (χ0) is 15.7. The minimum atomic E-state index is -3.53. The minimum absolute atomic E-state index is 0.0603. The van der Waals surface area contributed by atoms with Gasteiger partial charge in [0.15, 0.2) is 5.76 Å². The van der Waals surface area contributed by atoms with Gasteiger partial charge in [-0.15, -0.1) is 0 Å². The molecule has 0 aromatic heterocycles. The van der Waals surface area contributed by atoms with Gasteiger partial charge in [-0.1, -0.05) is 38.1 Å². The normalized spacial score (nSPS) is 23.5. The molecule has 0 unspecified atom stereocenters. The van der Waals surface area contributed by atoms with E-state index in [1.54, 1.807) is 0 Å². The van der Waals surface area contributed by atoms with Crippen molar-refractivity contribution in [2.24, 2.45) is 0 Å². The van der Waals surface area contributed by atoms with E-state index in [4.69, 9.17) is 4.18 Å². The predicted molar refractivity (Wildman–Crippen MR) is 87.9 cm³/mol. The molecule has 4 nitrogen and oxygen atoms in total. The number of rotatable bonds is 3. The number of aryl methyl sites for hydroxylation is 1. The number of fused-ring (bicyclic) bond motifs is 2. The third-order valence-electron chi connectivity index (χ3n) is 4.67. The highest BCUT2D eigenvalue weighted by Crippen LogP contribution is 2.38. The monoisotopic (exact) mass is 321 g/mol. The molecule has 0 saturated heterocycles. The largest absolute Gasteiger partial charge is 0.382 e. The second kappa shape index (κ2) is 6.05. The van der Waals surface area contributed by atoms with E-state index in [-0.39, 0.29) is 11.8 Å². The van der Waals surface area contributed by atoms with Gasteiger partial charge < -0.3 is 4.18 Å². The summed E-state index contributed by atoms with van der Waals surface area (Å²) in [5.74, 6) is 0.659. The Balaban J connectivity index is 2.16. The highest BCUT2D eigenvalue weighted by atomic mass is 32.2. The third kappa shape index (κ3) is 2.79. The summed E-state index contributed by atoms with van der Waals surface area (Å²) in [6.07, 6.45) is 2.91. The molecule has 120 valence electrons. The Labute approximate surface area is 132 Å². The molecule has 1 heterocycles. The van der Waals surface area contributed by atoms with E-state index in [0.29, 0.717) is 5.76 Å². The standard InChI is InChI=1S/C17H23NO3S/c1-3-18(4-2)16-12-22(19,20)21-17-14-10-6-5-8-13(14)9-7-11-15(16)17/h5-6,8,10,16H,3-4,7,9,11-12H2,1-2H3/t16-/m1/s1. The average Bonchev–Trinajstić information content (AvgIpc) is 2.67. The zero-order valence-electron chi connectivity index (χ0n) is 13.2. The van der Waals surface area contributed by atoms with Gasteiger partial charge >= 0.3 is 10.1 Å². The summed E-state index contributed by atoms with van der Waals surface area (Å²) in [5.41, 5.74) is 3.29. The fraction of sp³-hybridized carbons (Fsp3) is 0.529. The lowest BCUT2D eigenvalue weighted by Crippen LogP contribution is -2.44. The van der Waals surface area contributed by atoms with Crippen molar-refractivity contribution < 1.29 is 12.6 Å². The van der Waals surface area contributed by atoms with E-state index in [1.807, 2.05) is 18.2 Å². The lowest BCUT2D eigenvalue weighted by molar-refractivity contribution is 0.245. The maximum atomic E-state index is 12.3. The molecule has 2 aliphatic rings. The maximum absolute atomic E-state index is 12.3. The SMILES string of the molecule is CCN(CC)[C@@H]1CS(=O)(=O)OC2=C1CCCc1ccccc12. The van der Waals surface area contributed by atoms with Gasteiger partial charge in [-0.3, -0.25) is 4.90 Å². The van der Waals surface area contributed by atoms with Gasteiger partial charge in [0.1, 0.15) is 5.75 Å². The molecular weight excluding hydrogens is 298 g/mol. The van der Waals surface area contributed by atoms with Gasteiger partial charge in [0.25, 0.3) is 0 Å². The topological polar surface area (TPSA) is 46.6 Å². The van der Waals surface area contributed by atoms with Crippen molar-refractivity contribution in [3.63, 3.8) is 0 Å². The van der Waals surface area contributed by atoms with Crippen LogP contribution in [0.1, 0.15) is 37.8 Å². The van der Waals surface area contributed by atoms with Crippen LogP contribution in [0.3, 0.4) is 0 Å². The average molecular weight is 321 g/mol. The summed E-state index contributed by atoms with van der Waals surface area (Å²) in [6, 6.07) is 7.95. The molecule has 1 atom stereocenters. The fourth-order valence-electron chi connectivity index (χ4n) is 3.58. The molecule has 0 fully saturated rings. The predicted octanol–water partition coefficient (Wildman–Crippen LogP) is 2.80. The van der Waals surface area contributed by atoms with E-state index in [1.165, 1.54) is 5.56 Å². The summed E-state index contributed by atoms with van der Waals surface area (Å²) in [7, 11) is -3.53. The molecule has 1 aliphatic carbocycles. The van der Waals surface area contributed by atoms with E-state index in [0.717, 1.165) is 43.5 Å². The summed E-state index contributed by atoms with van der Waals surface area (Å²) >= 11 is 0. The third-order valence-corrected chi connectivity index (χ3v) is 5.82. The first-order chi connectivity index (χ1) is 10.6. The van der Waals surface area contributed by atoms with Crippen LogP contribution in [-0.2, 0) is 20.7 Å². The van der Waals surface area contributed by atoms with E-state index in [9.17, 15) is 8.42 Å². The van der Waals surface area contributed by atoms with Crippen molar-refractivity contribution in [2.45, 2.75) is 39.2 Å². The molecule has 0 bridgehead atoms. The molecule has 5 heteroatoms. The van der Waals surface area contributed by atoms with Crippen molar-refractivity contribution in [3.05, 3.63) is 41.0 Å². The van der Waals surface area contributed by atoms with Crippen LogP contribution in [0.15, 0.2) is 29.8 Å². The van der Waals surface area contributed by atoms with Crippen molar-refractivity contribution in [2.75, 3.05) is 18.8 Å². The Bertz CT molecular complexity index is 690.